The van der Waals surface area contributed by atoms with Crippen molar-refractivity contribution in [3.63, 3.8) is 0 Å². The van der Waals surface area contributed by atoms with Gasteiger partial charge in [-0.05, 0) is 43.6 Å². The third-order valence-corrected chi connectivity index (χ3v) is 3.50. The normalized spacial score (nSPS) is 25.1. The second-order valence-electron chi connectivity index (χ2n) is 4.78. The maximum atomic E-state index is 13.2. The van der Waals surface area contributed by atoms with Gasteiger partial charge >= 0.3 is 5.97 Å². The Morgan fingerprint density at radius 2 is 2.11 bits per heavy atom. The molecule has 1 aromatic carbocycles. The van der Waals surface area contributed by atoms with E-state index in [0.717, 1.165) is 18.7 Å². The van der Waals surface area contributed by atoms with E-state index in [1.165, 1.54) is 6.07 Å². The molecule has 98 valence electrons. The molecule has 1 saturated heterocycles. The van der Waals surface area contributed by atoms with Crippen molar-refractivity contribution in [2.24, 2.45) is 5.92 Å². The third-order valence-electron chi connectivity index (χ3n) is 3.50. The Morgan fingerprint density at radius 1 is 1.39 bits per heavy atom. The zero-order chi connectivity index (χ0) is 13.3. The van der Waals surface area contributed by atoms with E-state index in [2.05, 4.69) is 0 Å². The van der Waals surface area contributed by atoms with Crippen LogP contribution in [-0.2, 0) is 4.79 Å². The van der Waals surface area contributed by atoms with Crippen molar-refractivity contribution < 1.29 is 18.7 Å². The zero-order valence-corrected chi connectivity index (χ0v) is 10.1. The van der Waals surface area contributed by atoms with Crippen LogP contribution in [-0.4, -0.2) is 36.1 Å². The highest BCUT2D eigenvalue weighted by Gasteiger charge is 2.34. The van der Waals surface area contributed by atoms with E-state index in [1.807, 2.05) is 11.9 Å². The van der Waals surface area contributed by atoms with Gasteiger partial charge in [-0.3, -0.25) is 4.79 Å². The lowest BCUT2D eigenvalue weighted by Gasteiger charge is -2.34. The molecule has 3 nitrogen and oxygen atoms in total. The number of benzene rings is 1. The van der Waals surface area contributed by atoms with Gasteiger partial charge in [-0.25, -0.2) is 8.78 Å². The number of aliphatic carboxylic acids is 1. The first-order chi connectivity index (χ1) is 8.49. The van der Waals surface area contributed by atoms with Gasteiger partial charge in [-0.15, -0.1) is 0 Å². The molecule has 5 heteroatoms. The summed E-state index contributed by atoms with van der Waals surface area (Å²) < 4.78 is 26.1. The first-order valence-corrected chi connectivity index (χ1v) is 5.85. The molecule has 18 heavy (non-hydrogen) atoms. The highest BCUT2D eigenvalue weighted by Crippen LogP contribution is 2.33. The lowest BCUT2D eigenvalue weighted by Crippen LogP contribution is -2.40. The monoisotopic (exact) mass is 255 g/mol. The Hall–Kier alpha value is -1.49. The Bertz CT molecular complexity index is 464. The van der Waals surface area contributed by atoms with E-state index in [9.17, 15) is 18.7 Å². The lowest BCUT2D eigenvalue weighted by atomic mass is 9.80. The van der Waals surface area contributed by atoms with Gasteiger partial charge in [0.25, 0.3) is 0 Å². The fourth-order valence-electron chi connectivity index (χ4n) is 2.51. The van der Waals surface area contributed by atoms with Gasteiger partial charge in [-0.1, -0.05) is 6.07 Å². The number of hydrogen-bond donors (Lipinski definition) is 1. The Morgan fingerprint density at radius 3 is 2.72 bits per heavy atom. The Balaban J connectivity index is 2.29. The van der Waals surface area contributed by atoms with Crippen molar-refractivity contribution in [3.8, 4) is 0 Å². The third kappa shape index (κ3) is 2.51. The van der Waals surface area contributed by atoms with Crippen molar-refractivity contribution in [1.82, 2.24) is 4.90 Å². The number of carbonyl (C=O) groups is 1. The molecule has 0 radical (unpaired) electrons. The van der Waals surface area contributed by atoms with Gasteiger partial charge in [0.15, 0.2) is 11.6 Å². The van der Waals surface area contributed by atoms with Gasteiger partial charge in [0.2, 0.25) is 0 Å². The fraction of sp³-hybridized carbons (Fsp3) is 0.462. The quantitative estimate of drug-likeness (QED) is 0.879. The maximum absolute atomic E-state index is 13.2. The van der Waals surface area contributed by atoms with Gasteiger partial charge in [-0.2, -0.15) is 0 Å². The second-order valence-corrected chi connectivity index (χ2v) is 4.78. The van der Waals surface area contributed by atoms with E-state index in [-0.39, 0.29) is 5.92 Å². The fourth-order valence-corrected chi connectivity index (χ4v) is 2.51. The first-order valence-electron chi connectivity index (χ1n) is 5.85. The molecule has 0 aromatic heterocycles. The van der Waals surface area contributed by atoms with Crippen LogP contribution in [0, 0.1) is 17.6 Å². The summed E-state index contributed by atoms with van der Waals surface area (Å²) >= 11 is 0. The molecule has 1 heterocycles. The van der Waals surface area contributed by atoms with Crippen molar-refractivity contribution in [2.45, 2.75) is 12.3 Å². The molecule has 2 rings (SSSR count). The molecule has 0 bridgehead atoms. The molecule has 0 amide bonds. The van der Waals surface area contributed by atoms with Crippen molar-refractivity contribution in [3.05, 3.63) is 35.4 Å². The number of halogens is 2. The summed E-state index contributed by atoms with van der Waals surface area (Å²) in [6.07, 6.45) is 0.637. The van der Waals surface area contributed by atoms with Crippen LogP contribution in [0.3, 0.4) is 0 Å². The number of carboxylic acids is 1. The summed E-state index contributed by atoms with van der Waals surface area (Å²) in [5.41, 5.74) is 0.564. The van der Waals surface area contributed by atoms with Crippen LogP contribution < -0.4 is 0 Å². The minimum absolute atomic E-state index is 0.256. The minimum Gasteiger partial charge on any atom is -0.481 e. The molecule has 1 aliphatic rings. The van der Waals surface area contributed by atoms with E-state index < -0.39 is 23.5 Å². The van der Waals surface area contributed by atoms with E-state index in [1.54, 1.807) is 0 Å². The Labute approximate surface area is 104 Å². The number of hydrogen-bond acceptors (Lipinski definition) is 2. The smallest absolute Gasteiger partial charge is 0.308 e. The lowest BCUT2D eigenvalue weighted by molar-refractivity contribution is -0.144. The average molecular weight is 255 g/mol. The van der Waals surface area contributed by atoms with Crippen LogP contribution in [0.25, 0.3) is 0 Å². The highest BCUT2D eigenvalue weighted by atomic mass is 19.2. The van der Waals surface area contributed by atoms with Crippen LogP contribution in [0.5, 0.6) is 0 Å². The van der Waals surface area contributed by atoms with Gasteiger partial charge < -0.3 is 10.0 Å². The van der Waals surface area contributed by atoms with Crippen LogP contribution in [0.2, 0.25) is 0 Å². The highest BCUT2D eigenvalue weighted by molar-refractivity contribution is 5.72. The SMILES string of the molecule is CN1CC[C@@H](c2ccc(F)c(F)c2)[C@H](C(=O)O)C1. The predicted molar refractivity (Wildman–Crippen MR) is 62.3 cm³/mol. The summed E-state index contributed by atoms with van der Waals surface area (Å²) in [5.74, 6) is -3.55. The molecule has 0 saturated carbocycles. The van der Waals surface area contributed by atoms with E-state index >= 15 is 0 Å². The minimum atomic E-state index is -0.921. The van der Waals surface area contributed by atoms with Gasteiger partial charge in [0.1, 0.15) is 0 Å². The number of piperidine rings is 1. The Kier molecular flexibility index (Phi) is 3.61. The van der Waals surface area contributed by atoms with E-state index in [4.69, 9.17) is 0 Å². The summed E-state index contributed by atoms with van der Waals surface area (Å²) in [4.78, 5) is 13.2. The van der Waals surface area contributed by atoms with Crippen LogP contribution in [0.1, 0.15) is 17.9 Å². The molecule has 0 aliphatic carbocycles. The molecule has 1 aromatic rings. The topological polar surface area (TPSA) is 40.5 Å². The standard InChI is InChI=1S/C13H15F2NO2/c1-16-5-4-9(10(7-16)13(17)18)8-2-3-11(14)12(15)6-8/h2-3,6,9-10H,4-5,7H2,1H3,(H,17,18)/t9-,10+/m0/s1. The van der Waals surface area contributed by atoms with Crippen molar-refractivity contribution in [1.29, 1.82) is 0 Å². The number of rotatable bonds is 2. The van der Waals surface area contributed by atoms with Crippen LogP contribution in [0.15, 0.2) is 18.2 Å². The van der Waals surface area contributed by atoms with Gasteiger partial charge in [0.05, 0.1) is 5.92 Å². The molecule has 1 aliphatic heterocycles. The summed E-state index contributed by atoms with van der Waals surface area (Å²) in [6.45, 7) is 1.19. The van der Waals surface area contributed by atoms with Gasteiger partial charge in [0, 0.05) is 6.54 Å². The molecule has 1 N–H and O–H groups in total. The number of carboxylic acid groups (broad SMARTS) is 1. The number of nitrogens with zero attached hydrogens (tertiary/aromatic N) is 1. The molecular formula is C13H15F2NO2. The first kappa shape index (κ1) is 13.0. The molecular weight excluding hydrogens is 240 g/mol. The summed E-state index contributed by atoms with van der Waals surface area (Å²) in [6, 6.07) is 3.65. The summed E-state index contributed by atoms with van der Waals surface area (Å²) in [7, 11) is 1.86. The largest absolute Gasteiger partial charge is 0.481 e. The van der Waals surface area contributed by atoms with E-state index in [0.29, 0.717) is 18.5 Å². The maximum Gasteiger partial charge on any atom is 0.308 e. The molecule has 2 atom stereocenters. The predicted octanol–water partition coefficient (Wildman–Crippen LogP) is 2.08. The molecule has 1 fully saturated rings. The zero-order valence-electron chi connectivity index (χ0n) is 10.1. The van der Waals surface area contributed by atoms with Crippen LogP contribution in [0.4, 0.5) is 8.78 Å². The van der Waals surface area contributed by atoms with Crippen molar-refractivity contribution in [2.75, 3.05) is 20.1 Å². The molecule has 0 spiro atoms. The van der Waals surface area contributed by atoms with Crippen LogP contribution >= 0.6 is 0 Å². The van der Waals surface area contributed by atoms with Crippen molar-refractivity contribution >= 4 is 5.97 Å². The summed E-state index contributed by atoms with van der Waals surface area (Å²) in [5, 5.41) is 9.22. The number of likely N-dealkylation sites (tertiary alicyclic amines) is 1. The average Bonchev–Trinajstić information content (AvgIpc) is 2.32. The second kappa shape index (κ2) is 5.02. The molecule has 0 unspecified atom stereocenters.